The molecule has 0 aromatic carbocycles. The predicted molar refractivity (Wildman–Crippen MR) is 97.1 cm³/mol. The number of fused-ring (bicyclic) bond motifs is 1. The van der Waals surface area contributed by atoms with E-state index in [1.54, 1.807) is 7.05 Å². The van der Waals surface area contributed by atoms with E-state index >= 15 is 0 Å². The van der Waals surface area contributed by atoms with Gasteiger partial charge in [0, 0.05) is 43.0 Å². The van der Waals surface area contributed by atoms with Crippen molar-refractivity contribution in [2.45, 2.75) is 25.2 Å². The average Bonchev–Trinajstić information content (AvgIpc) is 3.15. The number of hydrogen-bond acceptors (Lipinski definition) is 3. The molecule has 10 heteroatoms. The summed E-state index contributed by atoms with van der Waals surface area (Å²) in [5.41, 5.74) is 1.68. The summed E-state index contributed by atoms with van der Waals surface area (Å²) in [7, 11) is 1.64. The predicted octanol–water partition coefficient (Wildman–Crippen LogP) is 2.40. The molecule has 1 unspecified atom stereocenters. The second-order valence-corrected chi connectivity index (χ2v) is 7.17. The van der Waals surface area contributed by atoms with E-state index in [2.05, 4.69) is 36.5 Å². The Kier molecular flexibility index (Phi) is 5.71. The van der Waals surface area contributed by atoms with Crippen molar-refractivity contribution in [2.24, 2.45) is 4.99 Å². The van der Waals surface area contributed by atoms with Crippen molar-refractivity contribution < 1.29 is 13.2 Å². The smallest absolute Gasteiger partial charge is 0.352 e. The van der Waals surface area contributed by atoms with E-state index in [0.717, 1.165) is 15.8 Å². The number of hydrogen-bond donors (Lipinski definition) is 2. The zero-order chi connectivity index (χ0) is 18.7. The van der Waals surface area contributed by atoms with Crippen molar-refractivity contribution in [1.82, 2.24) is 24.9 Å². The molecule has 0 spiro atoms. The van der Waals surface area contributed by atoms with Crippen LogP contribution in [0.3, 0.4) is 0 Å². The molecule has 2 aromatic heterocycles. The highest BCUT2D eigenvalue weighted by molar-refractivity contribution is 9.10. The first-order valence-corrected chi connectivity index (χ1v) is 9.01. The van der Waals surface area contributed by atoms with E-state index in [-0.39, 0.29) is 6.04 Å². The summed E-state index contributed by atoms with van der Waals surface area (Å²) in [6.45, 7) is 0.379. The second-order valence-electron chi connectivity index (χ2n) is 6.25. The van der Waals surface area contributed by atoms with Gasteiger partial charge in [0.05, 0.1) is 18.8 Å². The molecule has 1 fully saturated rings. The standard InChI is InChI=1S/C16H20BrF3N6/c1-21-15(24-12-4-5-25(8-12)10-16(18,19)20)22-6-13-9-26-7-11(17)2-3-14(26)23-13/h2-3,7,9,12H,4-6,8,10H2,1H3,(H2,21,22,24). The summed E-state index contributed by atoms with van der Waals surface area (Å²) in [6, 6.07) is 3.78. The summed E-state index contributed by atoms with van der Waals surface area (Å²) in [6.07, 6.45) is 0.333. The number of likely N-dealkylation sites (tertiary alicyclic amines) is 1. The van der Waals surface area contributed by atoms with Crippen LogP contribution in [0.5, 0.6) is 0 Å². The Morgan fingerprint density at radius 3 is 2.92 bits per heavy atom. The first-order chi connectivity index (χ1) is 12.3. The number of imidazole rings is 1. The summed E-state index contributed by atoms with van der Waals surface area (Å²) in [5, 5.41) is 6.34. The van der Waals surface area contributed by atoms with Crippen molar-refractivity contribution in [3.05, 3.63) is 34.7 Å². The number of nitrogens with one attached hydrogen (secondary N) is 2. The van der Waals surface area contributed by atoms with E-state index in [1.165, 1.54) is 4.90 Å². The molecular formula is C16H20BrF3N6. The molecule has 1 aliphatic rings. The maximum absolute atomic E-state index is 12.5. The lowest BCUT2D eigenvalue weighted by atomic mass is 10.3. The van der Waals surface area contributed by atoms with Crippen LogP contribution >= 0.6 is 15.9 Å². The molecule has 6 nitrogen and oxygen atoms in total. The van der Waals surface area contributed by atoms with Crippen LogP contribution in [0.4, 0.5) is 13.2 Å². The van der Waals surface area contributed by atoms with Crippen molar-refractivity contribution in [3.8, 4) is 0 Å². The molecule has 2 aromatic rings. The van der Waals surface area contributed by atoms with Gasteiger partial charge in [-0.3, -0.25) is 9.89 Å². The van der Waals surface area contributed by atoms with E-state index in [1.807, 2.05) is 28.9 Å². The number of halogens is 4. The van der Waals surface area contributed by atoms with Crippen molar-refractivity contribution in [1.29, 1.82) is 0 Å². The lowest BCUT2D eigenvalue weighted by Gasteiger charge is -2.19. The van der Waals surface area contributed by atoms with Gasteiger partial charge in [0.15, 0.2) is 5.96 Å². The highest BCUT2D eigenvalue weighted by Gasteiger charge is 2.34. The van der Waals surface area contributed by atoms with Gasteiger partial charge in [0.2, 0.25) is 0 Å². The highest BCUT2D eigenvalue weighted by Crippen LogP contribution is 2.20. The zero-order valence-electron chi connectivity index (χ0n) is 14.2. The van der Waals surface area contributed by atoms with Crippen LogP contribution in [0.1, 0.15) is 12.1 Å². The fraction of sp³-hybridized carbons (Fsp3) is 0.500. The Morgan fingerprint density at radius 2 is 2.19 bits per heavy atom. The number of guanidine groups is 1. The molecule has 3 rings (SSSR count). The fourth-order valence-electron chi connectivity index (χ4n) is 3.01. The Hall–Kier alpha value is -1.81. The molecule has 26 heavy (non-hydrogen) atoms. The average molecular weight is 433 g/mol. The van der Waals surface area contributed by atoms with Gasteiger partial charge < -0.3 is 15.0 Å². The molecule has 0 saturated carbocycles. The number of aromatic nitrogens is 2. The Bertz CT molecular complexity index is 788. The van der Waals surface area contributed by atoms with Crippen LogP contribution in [-0.4, -0.2) is 59.1 Å². The van der Waals surface area contributed by atoms with Crippen molar-refractivity contribution in [3.63, 3.8) is 0 Å². The SMILES string of the molecule is CN=C(NCc1cn2cc(Br)ccc2n1)NC1CCN(CC(F)(F)F)C1. The van der Waals surface area contributed by atoms with Gasteiger partial charge in [-0.25, -0.2) is 4.98 Å². The van der Waals surface area contributed by atoms with Crippen LogP contribution in [0, 0.1) is 0 Å². The number of nitrogens with zero attached hydrogens (tertiary/aromatic N) is 4. The maximum atomic E-state index is 12.5. The van der Waals surface area contributed by atoms with Crippen molar-refractivity contribution in [2.75, 3.05) is 26.7 Å². The number of rotatable bonds is 4. The molecule has 2 N–H and O–H groups in total. The highest BCUT2D eigenvalue weighted by atomic mass is 79.9. The van der Waals surface area contributed by atoms with Gasteiger partial charge in [0.25, 0.3) is 0 Å². The normalized spacial score (nSPS) is 19.3. The number of alkyl halides is 3. The lowest BCUT2D eigenvalue weighted by molar-refractivity contribution is -0.143. The third-order valence-electron chi connectivity index (χ3n) is 4.14. The lowest BCUT2D eigenvalue weighted by Crippen LogP contribution is -2.44. The Balaban J connectivity index is 1.52. The van der Waals surface area contributed by atoms with Crippen LogP contribution in [0.2, 0.25) is 0 Å². The minimum absolute atomic E-state index is 0.0550. The molecule has 0 aliphatic carbocycles. The van der Waals surface area contributed by atoms with Gasteiger partial charge in [-0.1, -0.05) is 0 Å². The maximum Gasteiger partial charge on any atom is 0.401 e. The van der Waals surface area contributed by atoms with Gasteiger partial charge in [-0.15, -0.1) is 0 Å². The Labute approximate surface area is 157 Å². The van der Waals surface area contributed by atoms with Crippen molar-refractivity contribution >= 4 is 27.5 Å². The van der Waals surface area contributed by atoms with E-state index in [0.29, 0.717) is 32.0 Å². The van der Waals surface area contributed by atoms with Crippen LogP contribution < -0.4 is 10.6 Å². The zero-order valence-corrected chi connectivity index (χ0v) is 15.8. The van der Waals surface area contributed by atoms with E-state index in [4.69, 9.17) is 0 Å². The Morgan fingerprint density at radius 1 is 1.38 bits per heavy atom. The van der Waals surface area contributed by atoms with Gasteiger partial charge in [-0.2, -0.15) is 13.2 Å². The van der Waals surface area contributed by atoms with Gasteiger partial charge in [-0.05, 0) is 34.5 Å². The minimum Gasteiger partial charge on any atom is -0.352 e. The molecule has 142 valence electrons. The number of aliphatic imine (C=N–C) groups is 1. The molecule has 1 atom stereocenters. The second kappa shape index (κ2) is 7.83. The monoisotopic (exact) mass is 432 g/mol. The quantitative estimate of drug-likeness (QED) is 0.575. The molecule has 0 radical (unpaired) electrons. The molecular weight excluding hydrogens is 413 g/mol. The third-order valence-corrected chi connectivity index (χ3v) is 4.61. The van der Waals surface area contributed by atoms with Gasteiger partial charge in [0.1, 0.15) is 5.65 Å². The van der Waals surface area contributed by atoms with Crippen LogP contribution in [-0.2, 0) is 6.54 Å². The van der Waals surface area contributed by atoms with E-state index < -0.39 is 12.7 Å². The van der Waals surface area contributed by atoms with E-state index in [9.17, 15) is 13.2 Å². The van der Waals surface area contributed by atoms with Gasteiger partial charge >= 0.3 is 6.18 Å². The summed E-state index contributed by atoms with van der Waals surface area (Å²) >= 11 is 3.42. The molecule has 1 aliphatic heterocycles. The first kappa shape index (κ1) is 19.0. The first-order valence-electron chi connectivity index (χ1n) is 8.22. The molecule has 1 saturated heterocycles. The number of pyridine rings is 1. The van der Waals surface area contributed by atoms with Crippen LogP contribution in [0.15, 0.2) is 34.0 Å². The minimum atomic E-state index is -4.16. The summed E-state index contributed by atoms with van der Waals surface area (Å²) < 4.78 is 40.3. The molecule has 0 amide bonds. The summed E-state index contributed by atoms with van der Waals surface area (Å²) in [5.74, 6) is 0.557. The van der Waals surface area contributed by atoms with Crippen LogP contribution in [0.25, 0.3) is 5.65 Å². The molecule has 0 bridgehead atoms. The molecule has 3 heterocycles. The largest absolute Gasteiger partial charge is 0.401 e. The topological polar surface area (TPSA) is 57.0 Å². The third kappa shape index (κ3) is 5.10. The summed E-state index contributed by atoms with van der Waals surface area (Å²) in [4.78, 5) is 10.1. The fourth-order valence-corrected chi connectivity index (χ4v) is 3.37.